The van der Waals surface area contributed by atoms with Crippen LogP contribution >= 0.6 is 0 Å². The van der Waals surface area contributed by atoms with E-state index < -0.39 is 28.2 Å². The molecule has 1 aromatic carbocycles. The minimum atomic E-state index is -3.10. The van der Waals surface area contributed by atoms with E-state index in [1.54, 1.807) is 17.0 Å². The Kier molecular flexibility index (Phi) is 5.41. The van der Waals surface area contributed by atoms with E-state index >= 15 is 0 Å². The standard InChI is InChI=1S/C18H20FNO5S/c19-16-4-2-1-3-13(16)5-8-18(22)25-11-17(21)20(14-6-7-14)15-9-10-26(23,24)12-15/h1-5,8,14-15H,6-7,9-12H2/b8-5+/t15-/m0/s1. The van der Waals surface area contributed by atoms with Gasteiger partial charge in [-0.2, -0.15) is 0 Å². The largest absolute Gasteiger partial charge is 0.452 e. The lowest BCUT2D eigenvalue weighted by Gasteiger charge is -2.28. The zero-order valence-electron chi connectivity index (χ0n) is 14.1. The summed E-state index contributed by atoms with van der Waals surface area (Å²) in [5.41, 5.74) is 0.242. The van der Waals surface area contributed by atoms with Crippen LogP contribution in [0.1, 0.15) is 24.8 Å². The Hall–Kier alpha value is -2.22. The highest BCUT2D eigenvalue weighted by Gasteiger charge is 2.42. The second-order valence-electron chi connectivity index (χ2n) is 6.55. The quantitative estimate of drug-likeness (QED) is 0.552. The van der Waals surface area contributed by atoms with E-state index in [2.05, 4.69) is 0 Å². The summed E-state index contributed by atoms with van der Waals surface area (Å²) in [6.07, 6.45) is 4.44. The smallest absolute Gasteiger partial charge is 0.331 e. The van der Waals surface area contributed by atoms with Gasteiger partial charge in [-0.3, -0.25) is 4.79 Å². The number of ether oxygens (including phenoxy) is 1. The molecule has 1 heterocycles. The van der Waals surface area contributed by atoms with Gasteiger partial charge in [-0.05, 0) is 31.4 Å². The molecule has 140 valence electrons. The maximum atomic E-state index is 13.5. The summed E-state index contributed by atoms with van der Waals surface area (Å²) >= 11 is 0. The van der Waals surface area contributed by atoms with Crippen LogP contribution in [0, 0.1) is 5.82 Å². The van der Waals surface area contributed by atoms with Crippen molar-refractivity contribution in [1.82, 2.24) is 4.90 Å². The number of nitrogens with zero attached hydrogens (tertiary/aromatic N) is 1. The summed E-state index contributed by atoms with van der Waals surface area (Å²) in [4.78, 5) is 25.8. The number of amides is 1. The summed E-state index contributed by atoms with van der Waals surface area (Å²) in [5, 5.41) is 0. The summed E-state index contributed by atoms with van der Waals surface area (Å²) in [6, 6.07) is 5.67. The van der Waals surface area contributed by atoms with Gasteiger partial charge in [0, 0.05) is 23.7 Å². The highest BCUT2D eigenvalue weighted by atomic mass is 32.2. The number of esters is 1. The molecule has 2 aliphatic rings. The van der Waals surface area contributed by atoms with Gasteiger partial charge in [0.15, 0.2) is 16.4 Å². The van der Waals surface area contributed by atoms with Gasteiger partial charge < -0.3 is 9.64 Å². The first-order chi connectivity index (χ1) is 12.4. The van der Waals surface area contributed by atoms with E-state index in [0.717, 1.165) is 18.9 Å². The molecule has 1 aliphatic carbocycles. The number of carbonyl (C=O) groups excluding carboxylic acids is 2. The predicted molar refractivity (Wildman–Crippen MR) is 93.3 cm³/mol. The van der Waals surface area contributed by atoms with Crippen molar-refractivity contribution in [3.63, 3.8) is 0 Å². The van der Waals surface area contributed by atoms with Crippen molar-refractivity contribution in [2.75, 3.05) is 18.1 Å². The average Bonchev–Trinajstić information content (AvgIpc) is 3.35. The summed E-state index contributed by atoms with van der Waals surface area (Å²) in [5.74, 6) is -1.55. The first-order valence-electron chi connectivity index (χ1n) is 8.47. The minimum absolute atomic E-state index is 0.0314. The fraction of sp³-hybridized carbons (Fsp3) is 0.444. The highest BCUT2D eigenvalue weighted by molar-refractivity contribution is 7.91. The van der Waals surface area contributed by atoms with Crippen LogP contribution in [0.3, 0.4) is 0 Å². The molecule has 1 amide bonds. The summed E-state index contributed by atoms with van der Waals surface area (Å²) in [6.45, 7) is -0.451. The van der Waals surface area contributed by atoms with E-state index in [4.69, 9.17) is 4.74 Å². The molecule has 0 bridgehead atoms. The molecule has 0 unspecified atom stereocenters. The molecule has 1 atom stereocenters. The van der Waals surface area contributed by atoms with Gasteiger partial charge in [0.2, 0.25) is 0 Å². The predicted octanol–water partition coefficient (Wildman–Crippen LogP) is 1.56. The Balaban J connectivity index is 1.55. The van der Waals surface area contributed by atoms with Crippen LogP contribution in [0.5, 0.6) is 0 Å². The van der Waals surface area contributed by atoms with Crippen LogP contribution in [0.4, 0.5) is 4.39 Å². The van der Waals surface area contributed by atoms with Gasteiger partial charge in [-0.25, -0.2) is 17.6 Å². The van der Waals surface area contributed by atoms with Crippen LogP contribution in [0.15, 0.2) is 30.3 Å². The third kappa shape index (κ3) is 4.69. The Morgan fingerprint density at radius 3 is 2.54 bits per heavy atom. The van der Waals surface area contributed by atoms with E-state index in [9.17, 15) is 22.4 Å². The molecule has 0 spiro atoms. The Morgan fingerprint density at radius 1 is 1.19 bits per heavy atom. The van der Waals surface area contributed by atoms with Crippen LogP contribution in [0.2, 0.25) is 0 Å². The minimum Gasteiger partial charge on any atom is -0.452 e. The molecule has 6 nitrogen and oxygen atoms in total. The third-order valence-electron chi connectivity index (χ3n) is 4.47. The second-order valence-corrected chi connectivity index (χ2v) is 8.78. The second kappa shape index (κ2) is 7.57. The van der Waals surface area contributed by atoms with Gasteiger partial charge in [-0.15, -0.1) is 0 Å². The average molecular weight is 381 g/mol. The molecule has 3 rings (SSSR count). The lowest BCUT2D eigenvalue weighted by Crippen LogP contribution is -2.44. The van der Waals surface area contributed by atoms with Gasteiger partial charge in [0.1, 0.15) is 5.82 Å². The van der Waals surface area contributed by atoms with Crippen molar-refractivity contribution in [3.8, 4) is 0 Å². The summed E-state index contributed by atoms with van der Waals surface area (Å²) in [7, 11) is -3.10. The number of benzene rings is 1. The SMILES string of the molecule is O=C(/C=C/c1ccccc1F)OCC(=O)N(C1CC1)[C@H]1CCS(=O)(=O)C1. The lowest BCUT2D eigenvalue weighted by molar-refractivity contribution is -0.149. The van der Waals surface area contributed by atoms with Gasteiger partial charge in [0.05, 0.1) is 11.5 Å². The molecule has 2 fully saturated rings. The number of carbonyl (C=O) groups is 2. The normalized spacial score (nSPS) is 21.7. The lowest BCUT2D eigenvalue weighted by atomic mass is 10.2. The van der Waals surface area contributed by atoms with Crippen molar-refractivity contribution in [3.05, 3.63) is 41.7 Å². The zero-order chi connectivity index (χ0) is 18.7. The van der Waals surface area contributed by atoms with Crippen molar-refractivity contribution >= 4 is 27.8 Å². The molecule has 1 aromatic rings. The van der Waals surface area contributed by atoms with Gasteiger partial charge in [-0.1, -0.05) is 18.2 Å². The Bertz CT molecular complexity index is 832. The van der Waals surface area contributed by atoms with Crippen molar-refractivity contribution in [2.24, 2.45) is 0 Å². The van der Waals surface area contributed by atoms with Gasteiger partial charge in [0.25, 0.3) is 5.91 Å². The molecule has 26 heavy (non-hydrogen) atoms. The van der Waals surface area contributed by atoms with Gasteiger partial charge >= 0.3 is 5.97 Å². The van der Waals surface area contributed by atoms with E-state index in [0.29, 0.717) is 6.42 Å². The fourth-order valence-corrected chi connectivity index (χ4v) is 4.79. The number of hydrogen-bond donors (Lipinski definition) is 0. The number of rotatable bonds is 6. The van der Waals surface area contributed by atoms with E-state index in [-0.39, 0.29) is 35.1 Å². The fourth-order valence-electron chi connectivity index (χ4n) is 3.08. The first kappa shape index (κ1) is 18.6. The van der Waals surface area contributed by atoms with Crippen LogP contribution in [0.25, 0.3) is 6.08 Å². The Labute approximate surface area is 151 Å². The molecule has 1 aliphatic heterocycles. The molecule has 1 saturated carbocycles. The highest BCUT2D eigenvalue weighted by Crippen LogP contribution is 2.32. The molecule has 8 heteroatoms. The van der Waals surface area contributed by atoms with Crippen LogP contribution in [-0.4, -0.2) is 55.4 Å². The number of halogens is 1. The molecular weight excluding hydrogens is 361 g/mol. The number of sulfone groups is 1. The van der Waals surface area contributed by atoms with Crippen molar-refractivity contribution in [2.45, 2.75) is 31.3 Å². The maximum Gasteiger partial charge on any atom is 0.331 e. The van der Waals surface area contributed by atoms with E-state index in [1.807, 2.05) is 0 Å². The maximum absolute atomic E-state index is 13.5. The van der Waals surface area contributed by atoms with E-state index in [1.165, 1.54) is 18.2 Å². The van der Waals surface area contributed by atoms with Crippen molar-refractivity contribution < 1.29 is 27.1 Å². The molecule has 0 N–H and O–H groups in total. The monoisotopic (exact) mass is 381 g/mol. The topological polar surface area (TPSA) is 80.8 Å². The van der Waals surface area contributed by atoms with Crippen LogP contribution in [-0.2, 0) is 24.2 Å². The number of hydrogen-bond acceptors (Lipinski definition) is 5. The van der Waals surface area contributed by atoms with Crippen molar-refractivity contribution in [1.29, 1.82) is 0 Å². The first-order valence-corrected chi connectivity index (χ1v) is 10.3. The zero-order valence-corrected chi connectivity index (χ0v) is 15.0. The van der Waals surface area contributed by atoms with Crippen LogP contribution < -0.4 is 0 Å². The Morgan fingerprint density at radius 2 is 1.92 bits per heavy atom. The molecule has 1 saturated heterocycles. The molecule has 0 radical (unpaired) electrons. The summed E-state index contributed by atoms with van der Waals surface area (Å²) < 4.78 is 41.7. The third-order valence-corrected chi connectivity index (χ3v) is 6.22. The molecular formula is C18H20FNO5S. The molecule has 0 aromatic heterocycles.